The Morgan fingerprint density at radius 1 is 1.38 bits per heavy atom. The van der Waals surface area contributed by atoms with Gasteiger partial charge in [0.25, 0.3) is 0 Å². The van der Waals surface area contributed by atoms with Crippen molar-refractivity contribution >= 4 is 17.4 Å². The first-order valence-corrected chi connectivity index (χ1v) is 5.93. The molecular weight excluding hydrogens is 226 g/mol. The highest BCUT2D eigenvalue weighted by Gasteiger charge is 1.98. The van der Waals surface area contributed by atoms with Crippen molar-refractivity contribution in [3.8, 4) is 0 Å². The molecule has 0 bridgehead atoms. The average molecular weight is 244 g/mol. The second kappa shape index (κ2) is 7.41. The number of hydrogen-bond acceptors (Lipinski definition) is 4. The van der Waals surface area contributed by atoms with E-state index in [0.29, 0.717) is 0 Å². The highest BCUT2D eigenvalue weighted by atomic mass is 35.5. The Kier molecular flexibility index (Phi) is 6.11. The molecular formula is C11H18ClN3O. The fraction of sp³-hybridized carbons (Fsp3) is 0.636. The number of nitrogens with zero attached hydrogens (tertiary/aromatic N) is 2. The molecule has 1 heterocycles. The number of anilines is 1. The summed E-state index contributed by atoms with van der Waals surface area (Å²) < 4.78 is 5.37. The minimum Gasteiger partial charge on any atom is -0.381 e. The highest BCUT2D eigenvalue weighted by molar-refractivity contribution is 6.28. The van der Waals surface area contributed by atoms with Crippen LogP contribution in [0.4, 0.5) is 5.82 Å². The molecule has 1 N–H and O–H groups in total. The predicted molar refractivity (Wildman–Crippen MR) is 66.0 cm³/mol. The van der Waals surface area contributed by atoms with Crippen molar-refractivity contribution in [3.05, 3.63) is 17.0 Å². The third-order valence-corrected chi connectivity index (χ3v) is 2.12. The van der Waals surface area contributed by atoms with Crippen LogP contribution in [0.15, 0.2) is 6.07 Å². The standard InChI is InChI=1S/C11H18ClN3O/c1-3-6-16-7-4-5-13-10-8-9(2)14-11(12)15-10/h8H,3-7H2,1-2H3,(H,13,14,15). The molecule has 0 amide bonds. The molecule has 1 rings (SSSR count). The summed E-state index contributed by atoms with van der Waals surface area (Å²) in [5, 5.41) is 3.47. The normalized spacial score (nSPS) is 10.4. The Labute approximate surface area is 101 Å². The van der Waals surface area contributed by atoms with Crippen molar-refractivity contribution in [1.82, 2.24) is 9.97 Å². The van der Waals surface area contributed by atoms with Crippen LogP contribution in [0, 0.1) is 6.92 Å². The van der Waals surface area contributed by atoms with E-state index in [2.05, 4.69) is 22.2 Å². The Morgan fingerprint density at radius 2 is 2.19 bits per heavy atom. The third kappa shape index (κ3) is 5.28. The Bertz CT molecular complexity index is 300. The van der Waals surface area contributed by atoms with Crippen LogP contribution in [0.3, 0.4) is 0 Å². The minimum absolute atomic E-state index is 0.282. The number of rotatable bonds is 7. The zero-order valence-electron chi connectivity index (χ0n) is 9.79. The molecule has 1 aromatic rings. The van der Waals surface area contributed by atoms with Crippen LogP contribution >= 0.6 is 11.6 Å². The van der Waals surface area contributed by atoms with Crippen LogP contribution < -0.4 is 5.32 Å². The van der Waals surface area contributed by atoms with Gasteiger partial charge in [-0.2, -0.15) is 0 Å². The lowest BCUT2D eigenvalue weighted by molar-refractivity contribution is 0.134. The van der Waals surface area contributed by atoms with Crippen LogP contribution in [0.1, 0.15) is 25.5 Å². The molecule has 90 valence electrons. The van der Waals surface area contributed by atoms with Crippen LogP contribution in [-0.4, -0.2) is 29.7 Å². The van der Waals surface area contributed by atoms with E-state index in [9.17, 15) is 0 Å². The summed E-state index contributed by atoms with van der Waals surface area (Å²) in [6.45, 7) is 6.43. The summed E-state index contributed by atoms with van der Waals surface area (Å²) in [7, 11) is 0. The lowest BCUT2D eigenvalue weighted by Gasteiger charge is -2.06. The van der Waals surface area contributed by atoms with Gasteiger partial charge in [-0.1, -0.05) is 6.92 Å². The molecule has 0 saturated heterocycles. The summed E-state index contributed by atoms with van der Waals surface area (Å²) in [4.78, 5) is 8.06. The number of hydrogen-bond donors (Lipinski definition) is 1. The van der Waals surface area contributed by atoms with Gasteiger partial charge in [-0.15, -0.1) is 0 Å². The first kappa shape index (κ1) is 13.2. The average Bonchev–Trinajstić information content (AvgIpc) is 2.22. The topological polar surface area (TPSA) is 47.0 Å². The summed E-state index contributed by atoms with van der Waals surface area (Å²) in [6, 6.07) is 1.87. The van der Waals surface area contributed by atoms with Gasteiger partial charge in [0, 0.05) is 31.5 Å². The van der Waals surface area contributed by atoms with Gasteiger partial charge in [0.2, 0.25) is 5.28 Å². The molecule has 0 saturated carbocycles. The zero-order valence-corrected chi connectivity index (χ0v) is 10.5. The van der Waals surface area contributed by atoms with E-state index in [1.54, 1.807) is 0 Å². The number of aromatic nitrogens is 2. The SMILES string of the molecule is CCCOCCCNc1cc(C)nc(Cl)n1. The van der Waals surface area contributed by atoms with Crippen LogP contribution in [0.2, 0.25) is 5.28 Å². The molecule has 1 aromatic heterocycles. The molecule has 0 atom stereocenters. The van der Waals surface area contributed by atoms with E-state index < -0.39 is 0 Å². The molecule has 0 spiro atoms. The monoisotopic (exact) mass is 243 g/mol. The summed E-state index contributed by atoms with van der Waals surface area (Å²) in [5.74, 6) is 0.771. The van der Waals surface area contributed by atoms with Crippen LogP contribution in [0.5, 0.6) is 0 Å². The second-order valence-electron chi connectivity index (χ2n) is 3.56. The third-order valence-electron chi connectivity index (χ3n) is 1.95. The number of aryl methyl sites for hydroxylation is 1. The molecule has 0 aliphatic carbocycles. The van der Waals surface area contributed by atoms with Crippen molar-refractivity contribution in [2.75, 3.05) is 25.1 Å². The van der Waals surface area contributed by atoms with Gasteiger partial charge in [0.1, 0.15) is 5.82 Å². The molecule has 5 heteroatoms. The highest BCUT2D eigenvalue weighted by Crippen LogP contribution is 2.09. The Balaban J connectivity index is 2.21. The number of nitrogens with one attached hydrogen (secondary N) is 1. The molecule has 0 aliphatic heterocycles. The largest absolute Gasteiger partial charge is 0.381 e. The van der Waals surface area contributed by atoms with Crippen LogP contribution in [-0.2, 0) is 4.74 Å². The maximum absolute atomic E-state index is 5.74. The van der Waals surface area contributed by atoms with Gasteiger partial charge in [-0.25, -0.2) is 9.97 Å². The Hall–Kier alpha value is -0.870. The summed E-state index contributed by atoms with van der Waals surface area (Å²) in [5.41, 5.74) is 0.865. The molecule has 0 aromatic carbocycles. The minimum atomic E-state index is 0.282. The zero-order chi connectivity index (χ0) is 11.8. The summed E-state index contributed by atoms with van der Waals surface area (Å²) in [6.07, 6.45) is 2.02. The van der Waals surface area contributed by atoms with E-state index in [4.69, 9.17) is 16.3 Å². The molecule has 4 nitrogen and oxygen atoms in total. The van der Waals surface area contributed by atoms with Crippen LogP contribution in [0.25, 0.3) is 0 Å². The fourth-order valence-electron chi connectivity index (χ4n) is 1.26. The van der Waals surface area contributed by atoms with Crippen molar-refractivity contribution in [2.24, 2.45) is 0 Å². The van der Waals surface area contributed by atoms with Crippen molar-refractivity contribution in [2.45, 2.75) is 26.7 Å². The first-order chi connectivity index (χ1) is 7.72. The second-order valence-corrected chi connectivity index (χ2v) is 3.89. The molecule has 0 unspecified atom stereocenters. The smallest absolute Gasteiger partial charge is 0.224 e. The summed E-state index contributed by atoms with van der Waals surface area (Å²) >= 11 is 5.74. The van der Waals surface area contributed by atoms with E-state index in [-0.39, 0.29) is 5.28 Å². The van der Waals surface area contributed by atoms with E-state index in [1.165, 1.54) is 0 Å². The van der Waals surface area contributed by atoms with Gasteiger partial charge in [0.15, 0.2) is 0 Å². The van der Waals surface area contributed by atoms with E-state index in [0.717, 1.165) is 44.1 Å². The van der Waals surface area contributed by atoms with E-state index >= 15 is 0 Å². The maximum atomic E-state index is 5.74. The van der Waals surface area contributed by atoms with E-state index in [1.807, 2.05) is 13.0 Å². The van der Waals surface area contributed by atoms with Gasteiger partial charge in [-0.3, -0.25) is 0 Å². The number of ether oxygens (including phenoxy) is 1. The van der Waals surface area contributed by atoms with Crippen molar-refractivity contribution < 1.29 is 4.74 Å². The number of halogens is 1. The molecule has 0 aliphatic rings. The van der Waals surface area contributed by atoms with Gasteiger partial charge < -0.3 is 10.1 Å². The lowest BCUT2D eigenvalue weighted by Crippen LogP contribution is -2.08. The van der Waals surface area contributed by atoms with Gasteiger partial charge in [-0.05, 0) is 31.4 Å². The molecule has 16 heavy (non-hydrogen) atoms. The first-order valence-electron chi connectivity index (χ1n) is 5.55. The quantitative estimate of drug-likeness (QED) is 0.591. The van der Waals surface area contributed by atoms with Crippen molar-refractivity contribution in [3.63, 3.8) is 0 Å². The Morgan fingerprint density at radius 3 is 2.88 bits per heavy atom. The predicted octanol–water partition coefficient (Wildman–Crippen LogP) is 2.67. The van der Waals surface area contributed by atoms with Gasteiger partial charge in [0.05, 0.1) is 0 Å². The molecule has 0 radical (unpaired) electrons. The van der Waals surface area contributed by atoms with Crippen molar-refractivity contribution in [1.29, 1.82) is 0 Å². The fourth-order valence-corrected chi connectivity index (χ4v) is 1.48. The molecule has 0 fully saturated rings. The lowest BCUT2D eigenvalue weighted by atomic mass is 10.4. The van der Waals surface area contributed by atoms with Gasteiger partial charge >= 0.3 is 0 Å². The maximum Gasteiger partial charge on any atom is 0.224 e.